The molecule has 1 aromatic carbocycles. The van der Waals surface area contributed by atoms with Crippen LogP contribution in [0.5, 0.6) is 5.75 Å². The molecule has 0 unspecified atom stereocenters. The van der Waals surface area contributed by atoms with Gasteiger partial charge in [-0.15, -0.1) is 0 Å². The quantitative estimate of drug-likeness (QED) is 0.873. The van der Waals surface area contributed by atoms with Gasteiger partial charge < -0.3 is 9.84 Å². The number of ether oxygens (including phenoxy) is 1. The van der Waals surface area contributed by atoms with E-state index in [0.29, 0.717) is 16.3 Å². The Hall–Kier alpha value is -0.780. The highest BCUT2D eigenvalue weighted by atomic mass is 35.5. The van der Waals surface area contributed by atoms with Crippen molar-refractivity contribution in [2.24, 2.45) is 0 Å². The Morgan fingerprint density at radius 2 is 2.11 bits per heavy atom. The van der Waals surface area contributed by atoms with E-state index in [1.807, 2.05) is 0 Å². The molecule has 0 heterocycles. The molecule has 0 aromatic heterocycles. The SMILES string of the molecule is CCS(=O)(=O)CCOc1ccc([C@H](C)O)cc1Cl. The molecule has 4 nitrogen and oxygen atoms in total. The summed E-state index contributed by atoms with van der Waals surface area (Å²) in [4.78, 5) is 0. The summed E-state index contributed by atoms with van der Waals surface area (Å²) in [6, 6.07) is 4.93. The van der Waals surface area contributed by atoms with Gasteiger partial charge in [-0.25, -0.2) is 8.42 Å². The van der Waals surface area contributed by atoms with Crippen LogP contribution < -0.4 is 4.74 Å². The molecule has 1 N–H and O–H groups in total. The molecule has 18 heavy (non-hydrogen) atoms. The Labute approximate surface area is 112 Å². The van der Waals surface area contributed by atoms with Crippen molar-refractivity contribution in [1.29, 1.82) is 0 Å². The third-order valence-electron chi connectivity index (χ3n) is 2.53. The maximum Gasteiger partial charge on any atom is 0.153 e. The van der Waals surface area contributed by atoms with Crippen molar-refractivity contribution in [3.8, 4) is 5.75 Å². The van der Waals surface area contributed by atoms with Crippen LogP contribution in [0.25, 0.3) is 0 Å². The van der Waals surface area contributed by atoms with Crippen LogP contribution in [0.15, 0.2) is 18.2 Å². The molecule has 0 bridgehead atoms. The van der Waals surface area contributed by atoms with Crippen LogP contribution >= 0.6 is 11.6 Å². The maximum atomic E-state index is 11.3. The van der Waals surface area contributed by atoms with Crippen LogP contribution in [0.1, 0.15) is 25.5 Å². The van der Waals surface area contributed by atoms with Gasteiger partial charge >= 0.3 is 0 Å². The highest BCUT2D eigenvalue weighted by Crippen LogP contribution is 2.27. The lowest BCUT2D eigenvalue weighted by molar-refractivity contribution is 0.199. The number of aliphatic hydroxyl groups excluding tert-OH is 1. The minimum absolute atomic E-state index is 0.0298. The Balaban J connectivity index is 2.64. The fraction of sp³-hybridized carbons (Fsp3) is 0.500. The number of hydrogen-bond donors (Lipinski definition) is 1. The topological polar surface area (TPSA) is 63.6 Å². The third-order valence-corrected chi connectivity index (χ3v) is 4.49. The van der Waals surface area contributed by atoms with Gasteiger partial charge in [-0.3, -0.25) is 0 Å². The van der Waals surface area contributed by atoms with Gasteiger partial charge in [-0.05, 0) is 24.6 Å². The summed E-state index contributed by atoms with van der Waals surface area (Å²) in [5.41, 5.74) is 0.688. The number of halogens is 1. The summed E-state index contributed by atoms with van der Waals surface area (Å²) in [7, 11) is -3.03. The number of aliphatic hydroxyl groups is 1. The Morgan fingerprint density at radius 1 is 1.44 bits per heavy atom. The lowest BCUT2D eigenvalue weighted by Gasteiger charge is -2.10. The smallest absolute Gasteiger partial charge is 0.153 e. The first-order chi connectivity index (χ1) is 8.35. The zero-order valence-corrected chi connectivity index (χ0v) is 12.0. The second kappa shape index (κ2) is 6.41. The fourth-order valence-electron chi connectivity index (χ4n) is 1.32. The predicted molar refractivity (Wildman–Crippen MR) is 71.9 cm³/mol. The third kappa shape index (κ3) is 4.48. The zero-order chi connectivity index (χ0) is 13.8. The van der Waals surface area contributed by atoms with Crippen LogP contribution in [-0.4, -0.2) is 31.6 Å². The van der Waals surface area contributed by atoms with Crippen LogP contribution in [0.4, 0.5) is 0 Å². The van der Waals surface area contributed by atoms with Crippen LogP contribution in [0, 0.1) is 0 Å². The summed E-state index contributed by atoms with van der Waals surface area (Å²) in [6.45, 7) is 3.31. The molecule has 0 saturated heterocycles. The van der Waals surface area contributed by atoms with Crippen LogP contribution in [0.2, 0.25) is 5.02 Å². The molecular formula is C12H17ClO4S. The normalized spacial score (nSPS) is 13.3. The molecule has 1 aromatic rings. The van der Waals surface area contributed by atoms with E-state index in [4.69, 9.17) is 16.3 Å². The molecular weight excluding hydrogens is 276 g/mol. The van der Waals surface area contributed by atoms with Gasteiger partial charge in [0.25, 0.3) is 0 Å². The van der Waals surface area contributed by atoms with Gasteiger partial charge in [0, 0.05) is 5.75 Å². The van der Waals surface area contributed by atoms with E-state index < -0.39 is 15.9 Å². The molecule has 0 radical (unpaired) electrons. The molecule has 0 amide bonds. The van der Waals surface area contributed by atoms with Crippen molar-refractivity contribution < 1.29 is 18.3 Å². The molecule has 0 aliphatic rings. The molecule has 0 aliphatic carbocycles. The van der Waals surface area contributed by atoms with Crippen molar-refractivity contribution in [2.75, 3.05) is 18.1 Å². The first kappa shape index (κ1) is 15.3. The van der Waals surface area contributed by atoms with Gasteiger partial charge in [0.2, 0.25) is 0 Å². The Kier molecular flexibility index (Phi) is 5.44. The predicted octanol–water partition coefficient (Wildman–Crippen LogP) is 2.21. The van der Waals surface area contributed by atoms with E-state index >= 15 is 0 Å². The number of hydrogen-bond acceptors (Lipinski definition) is 4. The second-order valence-corrected chi connectivity index (χ2v) is 6.83. The minimum atomic E-state index is -3.03. The summed E-state index contributed by atoms with van der Waals surface area (Å²) >= 11 is 5.97. The molecule has 6 heteroatoms. The Morgan fingerprint density at radius 3 is 2.61 bits per heavy atom. The van der Waals surface area contributed by atoms with Crippen LogP contribution in [-0.2, 0) is 9.84 Å². The van der Waals surface area contributed by atoms with Crippen molar-refractivity contribution in [3.63, 3.8) is 0 Å². The summed E-state index contributed by atoms with van der Waals surface area (Å²) < 4.78 is 27.9. The molecule has 0 fully saturated rings. The zero-order valence-electron chi connectivity index (χ0n) is 10.4. The van der Waals surface area contributed by atoms with Gasteiger partial charge in [0.05, 0.1) is 16.9 Å². The van der Waals surface area contributed by atoms with Gasteiger partial charge in [0.15, 0.2) is 9.84 Å². The van der Waals surface area contributed by atoms with E-state index in [-0.39, 0.29) is 18.1 Å². The first-order valence-electron chi connectivity index (χ1n) is 5.66. The molecule has 102 valence electrons. The van der Waals surface area contributed by atoms with E-state index in [1.54, 1.807) is 32.0 Å². The minimum Gasteiger partial charge on any atom is -0.491 e. The van der Waals surface area contributed by atoms with Crippen molar-refractivity contribution in [2.45, 2.75) is 20.0 Å². The molecule has 1 atom stereocenters. The summed E-state index contributed by atoms with van der Waals surface area (Å²) in [5.74, 6) is 0.496. The van der Waals surface area contributed by atoms with Gasteiger partial charge in [-0.2, -0.15) is 0 Å². The molecule has 1 rings (SSSR count). The summed E-state index contributed by atoms with van der Waals surface area (Å²) in [6.07, 6.45) is -0.600. The van der Waals surface area contributed by atoms with Gasteiger partial charge in [0.1, 0.15) is 12.4 Å². The largest absolute Gasteiger partial charge is 0.491 e. The van der Waals surface area contributed by atoms with Gasteiger partial charge in [-0.1, -0.05) is 24.6 Å². The highest BCUT2D eigenvalue weighted by molar-refractivity contribution is 7.91. The van der Waals surface area contributed by atoms with Crippen molar-refractivity contribution in [1.82, 2.24) is 0 Å². The van der Waals surface area contributed by atoms with E-state index in [0.717, 1.165) is 0 Å². The second-order valence-electron chi connectivity index (χ2n) is 3.95. The highest BCUT2D eigenvalue weighted by Gasteiger charge is 2.10. The van der Waals surface area contributed by atoms with E-state index in [9.17, 15) is 13.5 Å². The fourth-order valence-corrected chi connectivity index (χ4v) is 2.19. The van der Waals surface area contributed by atoms with E-state index in [1.165, 1.54) is 0 Å². The number of sulfone groups is 1. The Bertz CT molecular complexity index is 497. The number of benzene rings is 1. The summed E-state index contributed by atoms with van der Waals surface area (Å²) in [5, 5.41) is 9.74. The molecule has 0 spiro atoms. The molecule has 0 saturated carbocycles. The first-order valence-corrected chi connectivity index (χ1v) is 7.86. The average Bonchev–Trinajstić information content (AvgIpc) is 2.31. The average molecular weight is 293 g/mol. The maximum absolute atomic E-state index is 11.3. The molecule has 0 aliphatic heterocycles. The van der Waals surface area contributed by atoms with E-state index in [2.05, 4.69) is 0 Å². The van der Waals surface area contributed by atoms with Crippen molar-refractivity contribution >= 4 is 21.4 Å². The lowest BCUT2D eigenvalue weighted by Crippen LogP contribution is -2.15. The van der Waals surface area contributed by atoms with Crippen molar-refractivity contribution in [3.05, 3.63) is 28.8 Å². The standard InChI is InChI=1S/C12H17ClO4S/c1-3-18(15,16)7-6-17-12-5-4-10(9(2)14)8-11(12)13/h4-5,8-9,14H,3,6-7H2,1-2H3/t9-/m0/s1. The lowest BCUT2D eigenvalue weighted by atomic mass is 10.1. The number of rotatable bonds is 6. The van der Waals surface area contributed by atoms with Crippen LogP contribution in [0.3, 0.4) is 0 Å². The monoisotopic (exact) mass is 292 g/mol.